The summed E-state index contributed by atoms with van der Waals surface area (Å²) in [6.45, 7) is 26.4. The molecule has 80 heavy (non-hydrogen) atoms. The molecule has 4 aliphatic heterocycles. The molecule has 3 unspecified atom stereocenters. The van der Waals surface area contributed by atoms with Gasteiger partial charge in [0.25, 0.3) is 23.6 Å². The normalized spacial score (nSPS) is 19.1. The number of ether oxygens (including phenoxy) is 1. The lowest BCUT2D eigenvalue weighted by molar-refractivity contribution is -0.151. The molecule has 0 bridgehead atoms. The van der Waals surface area contributed by atoms with Crippen molar-refractivity contribution in [2.75, 3.05) is 33.3 Å². The Bertz CT molecular complexity index is 2620. The first-order valence-corrected chi connectivity index (χ1v) is 29.3. The predicted octanol–water partition coefficient (Wildman–Crippen LogP) is 11.5. The van der Waals surface area contributed by atoms with Crippen molar-refractivity contribution in [1.29, 1.82) is 0 Å². The molecule has 7 rings (SSSR count). The van der Waals surface area contributed by atoms with E-state index in [2.05, 4.69) is 12.1 Å². The highest BCUT2D eigenvalue weighted by Gasteiger charge is 2.43. The molecular weight excluding hydrogens is 1010 g/mol. The molecule has 4 atom stereocenters. The maximum Gasteiger partial charge on any atom is 0.291 e. The number of carbonyl (C=O) groups excluding carboxylic acids is 9. The fourth-order valence-electron chi connectivity index (χ4n) is 10.2. The first kappa shape index (κ1) is 66.2. The molecule has 0 aliphatic carbocycles. The zero-order valence-electron chi connectivity index (χ0n) is 50.8. The highest BCUT2D eigenvalue weighted by molar-refractivity contribution is 6.39. The van der Waals surface area contributed by atoms with Crippen LogP contribution >= 0.6 is 0 Å². The van der Waals surface area contributed by atoms with Crippen LogP contribution in [0, 0.1) is 21.7 Å². The summed E-state index contributed by atoms with van der Waals surface area (Å²) in [7, 11) is 1.63. The monoisotopic (exact) mass is 1100 g/mol. The van der Waals surface area contributed by atoms with E-state index in [0.717, 1.165) is 68.2 Å². The van der Waals surface area contributed by atoms with Gasteiger partial charge in [-0.05, 0) is 119 Å². The molecule has 4 saturated heterocycles. The van der Waals surface area contributed by atoms with Crippen LogP contribution in [0.2, 0.25) is 0 Å². The Kier molecular flexibility index (Phi) is 24.3. The van der Waals surface area contributed by atoms with Gasteiger partial charge in [0.05, 0.1) is 25.2 Å². The highest BCUT2D eigenvalue weighted by Crippen LogP contribution is 2.37. The van der Waals surface area contributed by atoms with Gasteiger partial charge >= 0.3 is 0 Å². The van der Waals surface area contributed by atoms with Crippen LogP contribution in [-0.4, -0.2) is 118 Å². The standard InChI is InChI=1S/C18H25NO3.C18H25NO2.C17H23NO2.C13H21NO3/c1-5-18(2,3)16(20)17(21)19-11-7-10-15(19)13-8-6-9-14(12-13)22-4;1-4-18(2,3)16(20)17(21)19-12-8-11-15(19)13-14-9-6-5-7-10-14;1-4-17(2,3)15(19)16(20)18-12-8-11-14(18)13-9-6-5-7-10-13;1-5-13(3,4)11(16)12(17)14-8-6-7-10(14)9(2)15/h6,8-9,12,15H,5,7,10-11H2,1-4H3;5-7,9-10,15H,4,8,11-13H2,1-3H3;5-7,9-10,14H,4,8,11-12H2,1-3H3;10H,5-8H2,1-4H3/t;;;10-/m...0/s1. The second-order valence-electron chi connectivity index (χ2n) is 24.5. The summed E-state index contributed by atoms with van der Waals surface area (Å²) in [5.41, 5.74) is 1.02. The van der Waals surface area contributed by atoms with E-state index < -0.39 is 27.6 Å². The van der Waals surface area contributed by atoms with Crippen LogP contribution in [-0.2, 0) is 49.6 Å². The van der Waals surface area contributed by atoms with E-state index in [-0.39, 0.29) is 70.8 Å². The third-order valence-electron chi connectivity index (χ3n) is 17.4. The van der Waals surface area contributed by atoms with Crippen molar-refractivity contribution in [1.82, 2.24) is 19.6 Å². The number of amides is 4. The molecule has 4 aliphatic rings. The maximum absolute atomic E-state index is 12.6. The van der Waals surface area contributed by atoms with E-state index in [1.54, 1.807) is 35.7 Å². The first-order chi connectivity index (χ1) is 37.6. The van der Waals surface area contributed by atoms with Crippen LogP contribution in [0.5, 0.6) is 5.75 Å². The number of ketones is 5. The molecule has 4 amide bonds. The molecular formula is C66H94N4O10. The third-order valence-corrected chi connectivity index (χ3v) is 17.4. The third kappa shape index (κ3) is 16.9. The van der Waals surface area contributed by atoms with Crippen molar-refractivity contribution < 1.29 is 47.9 Å². The fourth-order valence-corrected chi connectivity index (χ4v) is 10.2. The maximum atomic E-state index is 12.6. The van der Waals surface area contributed by atoms with Gasteiger partial charge in [-0.2, -0.15) is 0 Å². The van der Waals surface area contributed by atoms with Crippen LogP contribution in [0.1, 0.15) is 196 Å². The summed E-state index contributed by atoms with van der Waals surface area (Å²) in [6, 6.07) is 27.7. The van der Waals surface area contributed by atoms with Crippen LogP contribution < -0.4 is 4.74 Å². The molecule has 4 fully saturated rings. The van der Waals surface area contributed by atoms with Crippen LogP contribution in [0.3, 0.4) is 0 Å². The Labute approximate surface area is 478 Å². The molecule has 438 valence electrons. The molecule has 4 heterocycles. The number of rotatable bonds is 18. The van der Waals surface area contributed by atoms with Gasteiger partial charge in [-0.25, -0.2) is 0 Å². The second-order valence-corrected chi connectivity index (χ2v) is 24.5. The van der Waals surface area contributed by atoms with Gasteiger partial charge in [-0.15, -0.1) is 0 Å². The predicted molar refractivity (Wildman–Crippen MR) is 313 cm³/mol. The number of hydrogen-bond acceptors (Lipinski definition) is 10. The number of hydrogen-bond donors (Lipinski definition) is 0. The SMILES string of the molecule is CCC(C)(C)C(=O)C(=O)N1CCCC1Cc1ccccc1.CCC(C)(C)C(=O)C(=O)N1CCCC1c1cccc(OC)c1.CCC(C)(C)C(=O)C(=O)N1CCCC1c1ccccc1.CCC(C)(C)C(=O)C(=O)N1CCC[C@H]1C(C)=O. The Morgan fingerprint density at radius 3 is 1.25 bits per heavy atom. The van der Waals surface area contributed by atoms with Gasteiger partial charge in [0.1, 0.15) is 5.75 Å². The summed E-state index contributed by atoms with van der Waals surface area (Å²) in [6.07, 6.45) is 10.7. The topological polar surface area (TPSA) is 176 Å². The molecule has 0 aromatic heterocycles. The van der Waals surface area contributed by atoms with E-state index in [0.29, 0.717) is 58.3 Å². The van der Waals surface area contributed by atoms with Crippen molar-refractivity contribution in [3.05, 3.63) is 102 Å². The minimum Gasteiger partial charge on any atom is -0.497 e. The number of likely N-dealkylation sites (tertiary alicyclic amines) is 4. The van der Waals surface area contributed by atoms with Crippen molar-refractivity contribution in [3.8, 4) is 5.75 Å². The molecule has 0 N–H and O–H groups in total. The Balaban J connectivity index is 0.000000231. The number of benzene rings is 3. The summed E-state index contributed by atoms with van der Waals surface area (Å²) in [5.74, 6) is -1.88. The molecule has 14 nitrogen and oxygen atoms in total. The number of nitrogens with zero attached hydrogens (tertiary/aromatic N) is 4. The Morgan fingerprint density at radius 1 is 0.450 bits per heavy atom. The summed E-state index contributed by atoms with van der Waals surface area (Å²) >= 11 is 0. The second kappa shape index (κ2) is 29.4. The quantitative estimate of drug-likeness (QED) is 0.111. The minimum atomic E-state index is -0.638. The molecule has 0 spiro atoms. The summed E-state index contributed by atoms with van der Waals surface area (Å²) < 4.78 is 5.26. The number of Topliss-reactive ketones (excluding diaryl/α,β-unsaturated/α-hetero) is 5. The van der Waals surface area contributed by atoms with E-state index in [1.165, 1.54) is 17.4 Å². The fraction of sp³-hybridized carbons (Fsp3) is 0.591. The number of methoxy groups -OCH3 is 1. The van der Waals surface area contributed by atoms with E-state index >= 15 is 0 Å². The largest absolute Gasteiger partial charge is 0.497 e. The van der Waals surface area contributed by atoms with Crippen molar-refractivity contribution in [2.45, 2.75) is 198 Å². The molecule has 3 aromatic carbocycles. The Hall–Kier alpha value is -6.31. The van der Waals surface area contributed by atoms with E-state index in [4.69, 9.17) is 4.74 Å². The lowest BCUT2D eigenvalue weighted by atomic mass is 9.84. The van der Waals surface area contributed by atoms with Gasteiger partial charge in [0.2, 0.25) is 23.1 Å². The van der Waals surface area contributed by atoms with E-state index in [9.17, 15) is 43.2 Å². The zero-order valence-corrected chi connectivity index (χ0v) is 50.8. The van der Waals surface area contributed by atoms with Gasteiger partial charge in [-0.3, -0.25) is 43.2 Å². The van der Waals surface area contributed by atoms with Crippen molar-refractivity contribution in [3.63, 3.8) is 0 Å². The highest BCUT2D eigenvalue weighted by atomic mass is 16.5. The minimum absolute atomic E-state index is 0.0285. The molecule has 3 aromatic rings. The van der Waals surface area contributed by atoms with Crippen molar-refractivity contribution >= 4 is 52.5 Å². The van der Waals surface area contributed by atoms with Crippen LogP contribution in [0.25, 0.3) is 0 Å². The van der Waals surface area contributed by atoms with Crippen LogP contribution in [0.15, 0.2) is 84.9 Å². The Morgan fingerprint density at radius 2 is 0.812 bits per heavy atom. The molecule has 14 heteroatoms. The molecule has 0 saturated carbocycles. The first-order valence-electron chi connectivity index (χ1n) is 29.3. The summed E-state index contributed by atoms with van der Waals surface area (Å²) in [4.78, 5) is 117. The average Bonchev–Trinajstić information content (AvgIpc) is 4.39. The van der Waals surface area contributed by atoms with Gasteiger partial charge in [0.15, 0.2) is 5.78 Å². The lowest BCUT2D eigenvalue weighted by Gasteiger charge is -2.28. The van der Waals surface area contributed by atoms with Gasteiger partial charge < -0.3 is 24.3 Å². The zero-order chi connectivity index (χ0) is 59.8. The lowest BCUT2D eigenvalue weighted by Crippen LogP contribution is -2.46. The van der Waals surface area contributed by atoms with Crippen LogP contribution in [0.4, 0.5) is 0 Å². The van der Waals surface area contributed by atoms with E-state index in [1.807, 2.05) is 142 Å². The average molecular weight is 1100 g/mol. The van der Waals surface area contributed by atoms with Gasteiger partial charge in [0, 0.05) is 53.9 Å². The molecule has 0 radical (unpaired) electrons. The number of carbonyl (C=O) groups is 9. The van der Waals surface area contributed by atoms with Gasteiger partial charge in [-0.1, -0.05) is 156 Å². The smallest absolute Gasteiger partial charge is 0.291 e. The summed E-state index contributed by atoms with van der Waals surface area (Å²) in [5, 5.41) is 0. The van der Waals surface area contributed by atoms with Crippen molar-refractivity contribution in [2.24, 2.45) is 21.7 Å².